The van der Waals surface area contributed by atoms with Gasteiger partial charge in [0.15, 0.2) is 0 Å². The molecule has 0 bridgehead atoms. The number of carbonyl (C=O) groups is 1. The zero-order chi connectivity index (χ0) is 13.1. The molecule has 0 aromatic heterocycles. The smallest absolute Gasteiger partial charge is 0.263 e. The van der Waals surface area contributed by atoms with Gasteiger partial charge in [-0.25, -0.2) is 0 Å². The number of benzene rings is 2. The highest BCUT2D eigenvalue weighted by Gasteiger charge is 2.15. The van der Waals surface area contributed by atoms with Gasteiger partial charge in [0.2, 0.25) is 0 Å². The molecule has 0 spiro atoms. The minimum absolute atomic E-state index is 0.141. The lowest BCUT2D eigenvalue weighted by Gasteiger charge is -2.08. The highest BCUT2D eigenvalue weighted by Crippen LogP contribution is 2.27. The number of nitrogens with one attached hydrogen (secondary N) is 1. The average Bonchev–Trinajstić information content (AvgIpc) is 2.28. The molecular weight excluding hydrogens is 298 g/mol. The number of carbonyl (C=O) groups excluding carboxylic acids is 1. The molecule has 4 nitrogen and oxygen atoms in total. The number of hydrogen-bond donors (Lipinski definition) is 3. The van der Waals surface area contributed by atoms with Crippen LogP contribution in [0.25, 0.3) is 0 Å². The van der Waals surface area contributed by atoms with Crippen LogP contribution in [-0.2, 0) is 0 Å². The van der Waals surface area contributed by atoms with Crippen molar-refractivity contribution in [3.63, 3.8) is 0 Å². The average molecular weight is 308 g/mol. The van der Waals surface area contributed by atoms with Gasteiger partial charge in [-0.3, -0.25) is 4.79 Å². The zero-order valence-corrected chi connectivity index (χ0v) is 10.8. The van der Waals surface area contributed by atoms with Crippen molar-refractivity contribution in [1.82, 2.24) is 0 Å². The van der Waals surface area contributed by atoms with Crippen LogP contribution in [0.4, 0.5) is 5.69 Å². The fraction of sp³-hybridized carbons (Fsp3) is 0. The van der Waals surface area contributed by atoms with Crippen LogP contribution >= 0.6 is 15.9 Å². The summed E-state index contributed by atoms with van der Waals surface area (Å²) in [5.41, 5.74) is 0.425. The summed E-state index contributed by atoms with van der Waals surface area (Å²) in [5.74, 6) is -1.09. The highest BCUT2D eigenvalue weighted by molar-refractivity contribution is 9.10. The van der Waals surface area contributed by atoms with Crippen LogP contribution in [0.1, 0.15) is 10.4 Å². The molecule has 0 saturated carbocycles. The van der Waals surface area contributed by atoms with Crippen molar-refractivity contribution in [2.45, 2.75) is 0 Å². The summed E-state index contributed by atoms with van der Waals surface area (Å²) < 4.78 is 0.821. The Labute approximate surface area is 112 Å². The van der Waals surface area contributed by atoms with Gasteiger partial charge in [-0.1, -0.05) is 28.1 Å². The van der Waals surface area contributed by atoms with Gasteiger partial charge in [-0.15, -0.1) is 0 Å². The minimum Gasteiger partial charge on any atom is -0.507 e. The molecule has 3 N–H and O–H groups in total. The first-order chi connectivity index (χ1) is 8.58. The van der Waals surface area contributed by atoms with E-state index in [1.165, 1.54) is 18.2 Å². The molecule has 2 aromatic carbocycles. The zero-order valence-electron chi connectivity index (χ0n) is 9.22. The van der Waals surface area contributed by atoms with E-state index in [9.17, 15) is 15.0 Å². The second kappa shape index (κ2) is 5.10. The molecule has 2 aromatic rings. The molecule has 0 radical (unpaired) electrons. The Hall–Kier alpha value is -2.01. The lowest BCUT2D eigenvalue weighted by atomic mass is 10.1. The first-order valence-electron chi connectivity index (χ1n) is 5.16. The van der Waals surface area contributed by atoms with Crippen LogP contribution in [0.5, 0.6) is 11.5 Å². The molecule has 1 amide bonds. The van der Waals surface area contributed by atoms with Crippen LogP contribution in [0.3, 0.4) is 0 Å². The van der Waals surface area contributed by atoms with Crippen LogP contribution in [0.15, 0.2) is 46.9 Å². The van der Waals surface area contributed by atoms with Crippen molar-refractivity contribution < 1.29 is 15.0 Å². The number of rotatable bonds is 2. The lowest BCUT2D eigenvalue weighted by molar-refractivity contribution is 0.102. The summed E-state index contributed by atoms with van der Waals surface area (Å²) >= 11 is 3.29. The van der Waals surface area contributed by atoms with Crippen molar-refractivity contribution in [3.8, 4) is 11.5 Å². The van der Waals surface area contributed by atoms with Gasteiger partial charge in [0.05, 0.1) is 0 Å². The number of phenolic OH excluding ortho intramolecular Hbond substituents is 2. The second-order valence-electron chi connectivity index (χ2n) is 3.64. The standard InChI is InChI=1S/C13H10BrNO3/c14-8-3-1-4-9(7-8)15-13(18)12-10(16)5-2-6-11(12)17/h1-7,16-17H,(H,15,18). The third-order valence-electron chi connectivity index (χ3n) is 2.33. The molecule has 5 heteroatoms. The Morgan fingerprint density at radius 3 is 2.28 bits per heavy atom. The highest BCUT2D eigenvalue weighted by atomic mass is 79.9. The predicted octanol–water partition coefficient (Wildman–Crippen LogP) is 3.11. The first kappa shape index (κ1) is 12.4. The number of amides is 1. The molecular formula is C13H10BrNO3. The van der Waals surface area contributed by atoms with E-state index in [0.29, 0.717) is 5.69 Å². The molecule has 0 fully saturated rings. The lowest BCUT2D eigenvalue weighted by Crippen LogP contribution is -2.12. The first-order valence-corrected chi connectivity index (χ1v) is 5.95. The quantitative estimate of drug-likeness (QED) is 0.798. The van der Waals surface area contributed by atoms with Crippen LogP contribution in [0.2, 0.25) is 0 Å². The largest absolute Gasteiger partial charge is 0.507 e. The number of anilines is 1. The second-order valence-corrected chi connectivity index (χ2v) is 4.55. The summed E-state index contributed by atoms with van der Waals surface area (Å²) in [4.78, 5) is 11.9. The van der Waals surface area contributed by atoms with Gasteiger partial charge in [0, 0.05) is 10.2 Å². The molecule has 2 rings (SSSR count). The topological polar surface area (TPSA) is 69.6 Å². The van der Waals surface area contributed by atoms with Crippen LogP contribution in [0, 0.1) is 0 Å². The third kappa shape index (κ3) is 2.62. The van der Waals surface area contributed by atoms with Gasteiger partial charge in [-0.05, 0) is 30.3 Å². The minimum atomic E-state index is -0.566. The van der Waals surface area contributed by atoms with Crippen molar-refractivity contribution in [1.29, 1.82) is 0 Å². The van der Waals surface area contributed by atoms with Crippen molar-refractivity contribution in [2.24, 2.45) is 0 Å². The normalized spacial score (nSPS) is 10.1. The predicted molar refractivity (Wildman–Crippen MR) is 71.9 cm³/mol. The third-order valence-corrected chi connectivity index (χ3v) is 2.82. The molecule has 0 unspecified atom stereocenters. The van der Waals surface area contributed by atoms with E-state index in [2.05, 4.69) is 21.2 Å². The van der Waals surface area contributed by atoms with Crippen molar-refractivity contribution in [3.05, 3.63) is 52.5 Å². The summed E-state index contributed by atoms with van der Waals surface area (Å²) in [7, 11) is 0. The maximum atomic E-state index is 11.9. The molecule has 0 aliphatic rings. The van der Waals surface area contributed by atoms with Gasteiger partial charge >= 0.3 is 0 Å². The van der Waals surface area contributed by atoms with Gasteiger partial charge in [0.1, 0.15) is 17.1 Å². The van der Waals surface area contributed by atoms with E-state index in [-0.39, 0.29) is 17.1 Å². The summed E-state index contributed by atoms with van der Waals surface area (Å²) in [5, 5.41) is 21.7. The molecule has 18 heavy (non-hydrogen) atoms. The van der Waals surface area contributed by atoms with Crippen molar-refractivity contribution in [2.75, 3.05) is 5.32 Å². The summed E-state index contributed by atoms with van der Waals surface area (Å²) in [6.07, 6.45) is 0. The monoisotopic (exact) mass is 307 g/mol. The molecule has 0 heterocycles. The maximum Gasteiger partial charge on any atom is 0.263 e. The van der Waals surface area contributed by atoms with E-state index in [0.717, 1.165) is 4.47 Å². The van der Waals surface area contributed by atoms with Gasteiger partial charge in [0.25, 0.3) is 5.91 Å². The summed E-state index contributed by atoms with van der Waals surface area (Å²) in [6.45, 7) is 0. The van der Waals surface area contributed by atoms with Crippen LogP contribution < -0.4 is 5.32 Å². The van der Waals surface area contributed by atoms with Crippen molar-refractivity contribution >= 4 is 27.5 Å². The number of phenols is 2. The van der Waals surface area contributed by atoms with Crippen LogP contribution in [-0.4, -0.2) is 16.1 Å². The molecule has 0 atom stereocenters. The van der Waals surface area contributed by atoms with Gasteiger partial charge in [-0.2, -0.15) is 0 Å². The fourth-order valence-electron chi connectivity index (χ4n) is 1.52. The Bertz CT molecular complexity index is 578. The van der Waals surface area contributed by atoms with E-state index in [1.807, 2.05) is 6.07 Å². The number of hydrogen-bond acceptors (Lipinski definition) is 3. The Balaban J connectivity index is 2.28. The molecule has 0 aliphatic carbocycles. The Morgan fingerprint density at radius 1 is 1.06 bits per heavy atom. The molecule has 92 valence electrons. The molecule has 0 saturated heterocycles. The van der Waals surface area contributed by atoms with E-state index >= 15 is 0 Å². The Morgan fingerprint density at radius 2 is 1.67 bits per heavy atom. The van der Waals surface area contributed by atoms with E-state index in [4.69, 9.17) is 0 Å². The number of aromatic hydroxyl groups is 2. The van der Waals surface area contributed by atoms with E-state index in [1.54, 1.807) is 18.2 Å². The SMILES string of the molecule is O=C(Nc1cccc(Br)c1)c1c(O)cccc1O. The maximum absolute atomic E-state index is 11.9. The van der Waals surface area contributed by atoms with E-state index < -0.39 is 5.91 Å². The summed E-state index contributed by atoms with van der Waals surface area (Å²) in [6, 6.07) is 11.2. The Kier molecular flexibility index (Phi) is 3.53. The number of halogens is 1. The fourth-order valence-corrected chi connectivity index (χ4v) is 1.92. The molecule has 0 aliphatic heterocycles. The van der Waals surface area contributed by atoms with Gasteiger partial charge < -0.3 is 15.5 Å².